The van der Waals surface area contributed by atoms with E-state index in [9.17, 15) is 10.2 Å². The molecule has 0 aliphatic heterocycles. The number of hydrogen-bond acceptors (Lipinski definition) is 2. The minimum absolute atomic E-state index is 0.253. The molecule has 29 heavy (non-hydrogen) atoms. The Balaban J connectivity index is 2.37. The van der Waals surface area contributed by atoms with Crippen LogP contribution in [-0.2, 0) is 12.8 Å². The van der Waals surface area contributed by atoms with Crippen LogP contribution in [0.1, 0.15) is 123 Å². The van der Waals surface area contributed by atoms with Crippen LogP contribution < -0.4 is 0 Å². The Morgan fingerprint density at radius 3 is 1.83 bits per heavy atom. The standard InChI is InChI=1S/C27H48O2/c1-7-27(5,6)21-15-11-8-12-16-22-18-19-24(28)23(25(22)29)17-13-9-10-14-20-26(2,3)4/h18-19,28-29H,7-17,20-21H2,1-6H3. The molecule has 0 unspecified atom stereocenters. The van der Waals surface area contributed by atoms with Crippen LogP contribution in [0, 0.1) is 10.8 Å². The molecule has 0 bridgehead atoms. The molecule has 0 aliphatic rings. The van der Waals surface area contributed by atoms with Gasteiger partial charge >= 0.3 is 0 Å². The first-order valence-corrected chi connectivity index (χ1v) is 12.1. The van der Waals surface area contributed by atoms with Crippen molar-refractivity contribution in [3.63, 3.8) is 0 Å². The molecular formula is C27H48O2. The molecule has 0 aliphatic carbocycles. The van der Waals surface area contributed by atoms with Gasteiger partial charge in [0.15, 0.2) is 0 Å². The van der Waals surface area contributed by atoms with Crippen LogP contribution in [0.5, 0.6) is 11.5 Å². The molecule has 0 fully saturated rings. The smallest absolute Gasteiger partial charge is 0.125 e. The van der Waals surface area contributed by atoms with E-state index in [0.717, 1.165) is 43.2 Å². The lowest BCUT2D eigenvalue weighted by atomic mass is 9.84. The molecular weight excluding hydrogens is 356 g/mol. The lowest BCUT2D eigenvalue weighted by Gasteiger charge is -2.22. The van der Waals surface area contributed by atoms with Crippen LogP contribution in [0.3, 0.4) is 0 Å². The minimum Gasteiger partial charge on any atom is -0.508 e. The Bertz CT molecular complexity index is 581. The van der Waals surface area contributed by atoms with E-state index in [-0.39, 0.29) is 5.75 Å². The molecule has 0 amide bonds. The van der Waals surface area contributed by atoms with Crippen molar-refractivity contribution >= 4 is 0 Å². The van der Waals surface area contributed by atoms with Crippen LogP contribution in [-0.4, -0.2) is 10.2 Å². The summed E-state index contributed by atoms with van der Waals surface area (Å²) >= 11 is 0. The van der Waals surface area contributed by atoms with Crippen molar-refractivity contribution in [1.29, 1.82) is 0 Å². The van der Waals surface area contributed by atoms with Gasteiger partial charge in [0.2, 0.25) is 0 Å². The molecule has 0 aromatic heterocycles. The predicted molar refractivity (Wildman–Crippen MR) is 127 cm³/mol. The zero-order chi connectivity index (χ0) is 21.9. The average Bonchev–Trinajstić information content (AvgIpc) is 2.63. The molecule has 0 atom stereocenters. The second-order valence-corrected chi connectivity index (χ2v) is 11.0. The number of hydrogen-bond donors (Lipinski definition) is 2. The molecule has 1 aromatic rings. The Morgan fingerprint density at radius 2 is 1.24 bits per heavy atom. The van der Waals surface area contributed by atoms with E-state index in [2.05, 4.69) is 41.5 Å². The van der Waals surface area contributed by atoms with E-state index in [4.69, 9.17) is 0 Å². The predicted octanol–water partition coefficient (Wildman–Crippen LogP) is 8.57. The summed E-state index contributed by atoms with van der Waals surface area (Å²) in [6.07, 6.45) is 15.0. The van der Waals surface area contributed by atoms with Crippen LogP contribution in [0.2, 0.25) is 0 Å². The lowest BCUT2D eigenvalue weighted by Crippen LogP contribution is -2.08. The highest BCUT2D eigenvalue weighted by molar-refractivity contribution is 5.48. The van der Waals surface area contributed by atoms with Gasteiger partial charge in [0.1, 0.15) is 11.5 Å². The summed E-state index contributed by atoms with van der Waals surface area (Å²) in [6.45, 7) is 13.9. The first-order valence-electron chi connectivity index (χ1n) is 12.1. The quantitative estimate of drug-likeness (QED) is 0.305. The molecule has 0 saturated carbocycles. The highest BCUT2D eigenvalue weighted by Gasteiger charge is 2.15. The summed E-state index contributed by atoms with van der Waals surface area (Å²) in [7, 11) is 0. The van der Waals surface area contributed by atoms with Crippen molar-refractivity contribution in [1.82, 2.24) is 0 Å². The van der Waals surface area contributed by atoms with Crippen molar-refractivity contribution < 1.29 is 10.2 Å². The normalized spacial score (nSPS) is 12.5. The molecule has 0 saturated heterocycles. The number of phenolic OH excluding ortho intramolecular Hbond substituents is 2. The van der Waals surface area contributed by atoms with Gasteiger partial charge in [-0.2, -0.15) is 0 Å². The lowest BCUT2D eigenvalue weighted by molar-refractivity contribution is 0.307. The monoisotopic (exact) mass is 404 g/mol. The summed E-state index contributed by atoms with van der Waals surface area (Å²) in [6, 6.07) is 3.67. The molecule has 0 radical (unpaired) electrons. The van der Waals surface area contributed by atoms with Gasteiger partial charge in [-0.15, -0.1) is 0 Å². The topological polar surface area (TPSA) is 40.5 Å². The van der Waals surface area contributed by atoms with Crippen molar-refractivity contribution in [2.24, 2.45) is 10.8 Å². The minimum atomic E-state index is 0.253. The molecule has 168 valence electrons. The summed E-state index contributed by atoms with van der Waals surface area (Å²) in [5.74, 6) is 0.592. The van der Waals surface area contributed by atoms with E-state index < -0.39 is 0 Å². The molecule has 2 nitrogen and oxygen atoms in total. The average molecular weight is 405 g/mol. The van der Waals surface area contributed by atoms with E-state index in [1.165, 1.54) is 51.4 Å². The fraction of sp³-hybridized carbons (Fsp3) is 0.778. The fourth-order valence-electron chi connectivity index (χ4n) is 3.88. The van der Waals surface area contributed by atoms with Gasteiger partial charge in [0.05, 0.1) is 0 Å². The number of phenols is 2. The van der Waals surface area contributed by atoms with Gasteiger partial charge in [0.25, 0.3) is 0 Å². The SMILES string of the molecule is CCC(C)(C)CCCCCCc1ccc(O)c(CCCCCCC(C)(C)C)c1O. The van der Waals surface area contributed by atoms with Crippen molar-refractivity contribution in [3.05, 3.63) is 23.3 Å². The summed E-state index contributed by atoms with van der Waals surface area (Å²) < 4.78 is 0. The highest BCUT2D eigenvalue weighted by Crippen LogP contribution is 2.33. The third-order valence-corrected chi connectivity index (χ3v) is 6.45. The maximum atomic E-state index is 10.7. The third-order valence-electron chi connectivity index (χ3n) is 6.45. The molecule has 1 aromatic carbocycles. The van der Waals surface area contributed by atoms with Crippen molar-refractivity contribution in [3.8, 4) is 11.5 Å². The third kappa shape index (κ3) is 11.0. The van der Waals surface area contributed by atoms with Crippen molar-refractivity contribution in [2.45, 2.75) is 125 Å². The molecule has 2 N–H and O–H groups in total. The van der Waals surface area contributed by atoms with E-state index in [1.54, 1.807) is 6.07 Å². The number of benzene rings is 1. The summed E-state index contributed by atoms with van der Waals surface area (Å²) in [4.78, 5) is 0. The van der Waals surface area contributed by atoms with E-state index >= 15 is 0 Å². The number of aryl methyl sites for hydroxylation is 1. The molecule has 2 heteroatoms. The zero-order valence-corrected chi connectivity index (χ0v) is 20.2. The van der Waals surface area contributed by atoms with Gasteiger partial charge in [-0.3, -0.25) is 0 Å². The number of rotatable bonds is 14. The fourth-order valence-corrected chi connectivity index (χ4v) is 3.88. The van der Waals surface area contributed by atoms with Crippen molar-refractivity contribution in [2.75, 3.05) is 0 Å². The largest absolute Gasteiger partial charge is 0.508 e. The zero-order valence-electron chi connectivity index (χ0n) is 20.2. The van der Waals surface area contributed by atoms with E-state index in [1.807, 2.05) is 6.07 Å². The molecule has 0 spiro atoms. The summed E-state index contributed by atoms with van der Waals surface area (Å²) in [5, 5.41) is 20.9. The van der Waals surface area contributed by atoms with E-state index in [0.29, 0.717) is 16.6 Å². The van der Waals surface area contributed by atoms with Crippen LogP contribution in [0.4, 0.5) is 0 Å². The summed E-state index contributed by atoms with van der Waals surface area (Å²) in [5.41, 5.74) is 2.64. The molecule has 0 heterocycles. The highest BCUT2D eigenvalue weighted by atomic mass is 16.3. The maximum absolute atomic E-state index is 10.7. The second-order valence-electron chi connectivity index (χ2n) is 11.0. The Kier molecular flexibility index (Phi) is 11.1. The Labute approximate surface area is 181 Å². The van der Waals surface area contributed by atoms with Gasteiger partial charge in [-0.1, -0.05) is 92.6 Å². The van der Waals surface area contributed by atoms with Gasteiger partial charge in [-0.25, -0.2) is 0 Å². The second kappa shape index (κ2) is 12.5. The molecule has 1 rings (SSSR count). The Morgan fingerprint density at radius 1 is 0.690 bits per heavy atom. The van der Waals surface area contributed by atoms with Crippen LogP contribution >= 0.6 is 0 Å². The van der Waals surface area contributed by atoms with Gasteiger partial charge in [-0.05, 0) is 61.0 Å². The Hall–Kier alpha value is -1.18. The maximum Gasteiger partial charge on any atom is 0.125 e. The first kappa shape index (κ1) is 25.9. The van der Waals surface area contributed by atoms with Crippen LogP contribution in [0.15, 0.2) is 12.1 Å². The number of aromatic hydroxyl groups is 2. The van der Waals surface area contributed by atoms with Crippen LogP contribution in [0.25, 0.3) is 0 Å². The number of unbranched alkanes of at least 4 members (excludes halogenated alkanes) is 6. The van der Waals surface area contributed by atoms with Gasteiger partial charge < -0.3 is 10.2 Å². The van der Waals surface area contributed by atoms with Gasteiger partial charge in [0, 0.05) is 5.56 Å². The first-order chi connectivity index (χ1) is 13.6.